The first-order valence-corrected chi connectivity index (χ1v) is 7.65. The molecule has 0 bridgehead atoms. The molecular weight excluding hydrogens is 288 g/mol. The lowest BCUT2D eigenvalue weighted by atomic mass is 9.92. The molecule has 0 saturated heterocycles. The first kappa shape index (κ1) is 15.3. The van der Waals surface area contributed by atoms with Gasteiger partial charge in [-0.15, -0.1) is 0 Å². The van der Waals surface area contributed by atoms with Gasteiger partial charge in [-0.3, -0.25) is 4.79 Å². The Morgan fingerprint density at radius 2 is 1.65 bits per heavy atom. The van der Waals surface area contributed by atoms with Crippen molar-refractivity contribution in [3.8, 4) is 0 Å². The molecule has 0 aliphatic heterocycles. The number of aromatic nitrogens is 4. The Morgan fingerprint density at radius 1 is 1.00 bits per heavy atom. The van der Waals surface area contributed by atoms with Crippen molar-refractivity contribution in [1.29, 1.82) is 0 Å². The average Bonchev–Trinajstić information content (AvgIpc) is 2.49. The van der Waals surface area contributed by atoms with Crippen LogP contribution in [0, 0.1) is 6.92 Å². The third-order valence-electron chi connectivity index (χ3n) is 3.78. The Hall–Kier alpha value is -2.56. The van der Waals surface area contributed by atoms with E-state index in [-0.39, 0.29) is 11.0 Å². The van der Waals surface area contributed by atoms with Crippen LogP contribution in [0.25, 0.3) is 11.0 Å². The van der Waals surface area contributed by atoms with Crippen molar-refractivity contribution in [1.82, 2.24) is 19.7 Å². The fraction of sp³-hybridized carbons (Fsp3) is 0.333. The van der Waals surface area contributed by atoms with E-state index in [9.17, 15) is 4.79 Å². The van der Waals surface area contributed by atoms with Crippen LogP contribution in [0.4, 0.5) is 0 Å². The standard InChI is InChI=1S/C18H20N4O/c1-12-15(20-14-8-6-5-7-13(14)19-12)11-22-17(23)10-9-16(21-22)18(2,3)4/h5-10H,11H2,1-4H3. The first-order chi connectivity index (χ1) is 10.8. The third-order valence-corrected chi connectivity index (χ3v) is 3.78. The van der Waals surface area contributed by atoms with E-state index in [0.717, 1.165) is 28.1 Å². The second kappa shape index (κ2) is 5.57. The van der Waals surface area contributed by atoms with Crippen LogP contribution in [0.1, 0.15) is 37.9 Å². The summed E-state index contributed by atoms with van der Waals surface area (Å²) < 4.78 is 1.46. The van der Waals surface area contributed by atoms with Crippen molar-refractivity contribution < 1.29 is 0 Å². The molecule has 0 saturated carbocycles. The third kappa shape index (κ3) is 3.13. The number of hydrogen-bond acceptors (Lipinski definition) is 4. The highest BCUT2D eigenvalue weighted by Gasteiger charge is 2.17. The Bertz CT molecular complexity index is 922. The maximum Gasteiger partial charge on any atom is 0.267 e. The zero-order valence-corrected chi connectivity index (χ0v) is 13.9. The van der Waals surface area contributed by atoms with Gasteiger partial charge in [0.1, 0.15) is 0 Å². The van der Waals surface area contributed by atoms with Gasteiger partial charge in [0.2, 0.25) is 0 Å². The van der Waals surface area contributed by atoms with Crippen LogP contribution < -0.4 is 5.56 Å². The van der Waals surface area contributed by atoms with Crippen molar-refractivity contribution in [2.45, 2.75) is 39.7 Å². The van der Waals surface area contributed by atoms with Gasteiger partial charge >= 0.3 is 0 Å². The minimum absolute atomic E-state index is 0.112. The monoisotopic (exact) mass is 308 g/mol. The SMILES string of the molecule is Cc1nc2ccccc2nc1Cn1nc(C(C)(C)C)ccc1=O. The number of fused-ring (bicyclic) bond motifs is 1. The molecule has 3 aromatic rings. The summed E-state index contributed by atoms with van der Waals surface area (Å²) in [5, 5.41) is 4.50. The lowest BCUT2D eigenvalue weighted by molar-refractivity contribution is 0.515. The number of para-hydroxylation sites is 2. The van der Waals surface area contributed by atoms with E-state index in [1.807, 2.05) is 31.2 Å². The van der Waals surface area contributed by atoms with Gasteiger partial charge in [0.05, 0.1) is 34.7 Å². The van der Waals surface area contributed by atoms with E-state index < -0.39 is 0 Å². The van der Waals surface area contributed by atoms with Crippen molar-refractivity contribution in [3.63, 3.8) is 0 Å². The Labute approximate surface area is 135 Å². The molecule has 0 aliphatic rings. The largest absolute Gasteiger partial charge is 0.268 e. The predicted molar refractivity (Wildman–Crippen MR) is 90.6 cm³/mol. The average molecular weight is 308 g/mol. The van der Waals surface area contributed by atoms with Gasteiger partial charge in [0.15, 0.2) is 0 Å². The maximum atomic E-state index is 12.1. The molecule has 0 N–H and O–H groups in total. The van der Waals surface area contributed by atoms with Crippen LogP contribution in [-0.2, 0) is 12.0 Å². The highest BCUT2D eigenvalue weighted by molar-refractivity contribution is 5.74. The van der Waals surface area contributed by atoms with Crippen LogP contribution in [0.2, 0.25) is 0 Å². The number of nitrogens with zero attached hydrogens (tertiary/aromatic N) is 4. The molecule has 0 aliphatic carbocycles. The van der Waals surface area contributed by atoms with Gasteiger partial charge in [0.25, 0.3) is 5.56 Å². The molecule has 5 nitrogen and oxygen atoms in total. The van der Waals surface area contributed by atoms with Crippen LogP contribution in [-0.4, -0.2) is 19.7 Å². The minimum Gasteiger partial charge on any atom is -0.268 e. The van der Waals surface area contributed by atoms with Gasteiger partial charge in [-0.2, -0.15) is 5.10 Å². The lowest BCUT2D eigenvalue weighted by Crippen LogP contribution is -2.27. The van der Waals surface area contributed by atoms with Crippen molar-refractivity contribution >= 4 is 11.0 Å². The molecule has 0 radical (unpaired) electrons. The van der Waals surface area contributed by atoms with Crippen LogP contribution >= 0.6 is 0 Å². The van der Waals surface area contributed by atoms with E-state index in [2.05, 4.69) is 35.8 Å². The van der Waals surface area contributed by atoms with Gasteiger partial charge in [-0.1, -0.05) is 32.9 Å². The summed E-state index contributed by atoms with van der Waals surface area (Å²) in [6.07, 6.45) is 0. The highest BCUT2D eigenvalue weighted by atomic mass is 16.1. The molecule has 0 fully saturated rings. The van der Waals surface area contributed by atoms with Gasteiger partial charge in [0, 0.05) is 11.5 Å². The predicted octanol–water partition coefficient (Wildman–Crippen LogP) is 2.84. The summed E-state index contributed by atoms with van der Waals surface area (Å²) in [6.45, 7) is 8.46. The fourth-order valence-electron chi connectivity index (χ4n) is 2.38. The van der Waals surface area contributed by atoms with Crippen molar-refractivity contribution in [3.05, 3.63) is 63.8 Å². The van der Waals surface area contributed by atoms with E-state index in [1.165, 1.54) is 4.68 Å². The van der Waals surface area contributed by atoms with Gasteiger partial charge in [-0.05, 0) is 25.1 Å². The van der Waals surface area contributed by atoms with Crippen LogP contribution in [0.15, 0.2) is 41.2 Å². The fourth-order valence-corrected chi connectivity index (χ4v) is 2.38. The molecule has 0 unspecified atom stereocenters. The van der Waals surface area contributed by atoms with Crippen molar-refractivity contribution in [2.24, 2.45) is 0 Å². The molecule has 0 spiro atoms. The summed E-state index contributed by atoms with van der Waals surface area (Å²) >= 11 is 0. The summed E-state index contributed by atoms with van der Waals surface area (Å²) in [6, 6.07) is 11.1. The summed E-state index contributed by atoms with van der Waals surface area (Å²) in [5.74, 6) is 0. The number of aryl methyl sites for hydroxylation is 1. The van der Waals surface area contributed by atoms with E-state index in [0.29, 0.717) is 6.54 Å². The second-order valence-electron chi connectivity index (χ2n) is 6.71. The lowest BCUT2D eigenvalue weighted by Gasteiger charge is -2.18. The summed E-state index contributed by atoms with van der Waals surface area (Å²) in [5.41, 5.74) is 3.91. The first-order valence-electron chi connectivity index (χ1n) is 7.65. The molecule has 1 aromatic carbocycles. The zero-order chi connectivity index (χ0) is 16.6. The second-order valence-corrected chi connectivity index (χ2v) is 6.71. The van der Waals surface area contributed by atoms with E-state index >= 15 is 0 Å². The van der Waals surface area contributed by atoms with Gasteiger partial charge < -0.3 is 0 Å². The van der Waals surface area contributed by atoms with Gasteiger partial charge in [-0.25, -0.2) is 14.6 Å². The normalized spacial score (nSPS) is 11.8. The molecular formula is C18H20N4O. The molecule has 2 aromatic heterocycles. The van der Waals surface area contributed by atoms with E-state index in [4.69, 9.17) is 0 Å². The number of benzene rings is 1. The number of rotatable bonds is 2. The molecule has 2 heterocycles. The van der Waals surface area contributed by atoms with E-state index in [1.54, 1.807) is 12.1 Å². The molecule has 0 amide bonds. The smallest absolute Gasteiger partial charge is 0.267 e. The quantitative estimate of drug-likeness (QED) is 0.730. The molecule has 5 heteroatoms. The number of hydrogen-bond donors (Lipinski definition) is 0. The summed E-state index contributed by atoms with van der Waals surface area (Å²) in [4.78, 5) is 21.3. The van der Waals surface area contributed by atoms with Crippen LogP contribution in [0.5, 0.6) is 0 Å². The van der Waals surface area contributed by atoms with Crippen LogP contribution in [0.3, 0.4) is 0 Å². The molecule has 118 valence electrons. The summed E-state index contributed by atoms with van der Waals surface area (Å²) in [7, 11) is 0. The molecule has 0 atom stereocenters. The highest BCUT2D eigenvalue weighted by Crippen LogP contribution is 2.18. The minimum atomic E-state index is -0.132. The zero-order valence-electron chi connectivity index (χ0n) is 13.9. The molecule has 23 heavy (non-hydrogen) atoms. The van der Waals surface area contributed by atoms with Crippen molar-refractivity contribution in [2.75, 3.05) is 0 Å². The molecule has 3 rings (SSSR count). The topological polar surface area (TPSA) is 60.7 Å². The Morgan fingerprint density at radius 3 is 2.30 bits per heavy atom. The maximum absolute atomic E-state index is 12.1. The Balaban J connectivity index is 2.05. The Kier molecular flexibility index (Phi) is 3.72.